The number of hydrogen-bond donors (Lipinski definition) is 1. The van der Waals surface area contributed by atoms with Gasteiger partial charge in [-0.1, -0.05) is 11.3 Å². The Morgan fingerprint density at radius 1 is 1.44 bits per heavy atom. The van der Waals surface area contributed by atoms with Crippen LogP contribution in [0.5, 0.6) is 0 Å². The number of aromatic nitrogens is 3. The molecule has 96 valence electrons. The van der Waals surface area contributed by atoms with Crippen molar-refractivity contribution in [3.63, 3.8) is 0 Å². The first-order valence-electron chi connectivity index (χ1n) is 5.66. The molecule has 2 aromatic rings. The lowest BCUT2D eigenvalue weighted by atomic mass is 10.4. The van der Waals surface area contributed by atoms with Crippen molar-refractivity contribution in [3.05, 3.63) is 24.0 Å². The molecule has 2 aromatic heterocycles. The monoisotopic (exact) mass is 266 g/mol. The van der Waals surface area contributed by atoms with Gasteiger partial charge in [0.25, 0.3) is 0 Å². The second-order valence-electron chi connectivity index (χ2n) is 3.61. The lowest BCUT2D eigenvalue weighted by Crippen LogP contribution is -2.21. The maximum atomic E-state index is 11.0. The van der Waals surface area contributed by atoms with E-state index in [-0.39, 0.29) is 5.69 Å². The Hall–Kier alpha value is -1.89. The number of carboxylic acids is 1. The Balaban J connectivity index is 2.35. The van der Waals surface area contributed by atoms with E-state index in [0.717, 1.165) is 18.2 Å². The highest BCUT2D eigenvalue weighted by Gasteiger charge is 2.15. The topological polar surface area (TPSA) is 71.2 Å². The normalized spacial score (nSPS) is 10.6. The van der Waals surface area contributed by atoms with Crippen LogP contribution < -0.4 is 4.90 Å². The number of anilines is 1. The zero-order chi connectivity index (χ0) is 13.1. The van der Waals surface area contributed by atoms with Crippen molar-refractivity contribution in [1.29, 1.82) is 0 Å². The summed E-state index contributed by atoms with van der Waals surface area (Å²) in [5.41, 5.74) is 0.192. The molecule has 0 aliphatic heterocycles. The number of carboxylic acid groups (broad SMARTS) is 1. The molecule has 0 spiro atoms. The largest absolute Gasteiger partial charge is 0.477 e. The summed E-state index contributed by atoms with van der Waals surface area (Å²) < 4.78 is 1.53. The highest BCUT2D eigenvalue weighted by Crippen LogP contribution is 2.24. The molecule has 0 aliphatic rings. The fourth-order valence-electron chi connectivity index (χ4n) is 1.65. The van der Waals surface area contributed by atoms with E-state index in [1.165, 1.54) is 15.9 Å². The van der Waals surface area contributed by atoms with Gasteiger partial charge in [0.15, 0.2) is 0 Å². The van der Waals surface area contributed by atoms with Gasteiger partial charge >= 0.3 is 5.97 Å². The Labute approximate surface area is 108 Å². The molecule has 0 amide bonds. The molecular weight excluding hydrogens is 252 g/mol. The third-order valence-corrected chi connectivity index (χ3v) is 3.59. The van der Waals surface area contributed by atoms with E-state index < -0.39 is 5.97 Å². The van der Waals surface area contributed by atoms with Gasteiger partial charge in [-0.3, -0.25) is 4.57 Å². The number of nitrogens with zero attached hydrogens (tertiary/aromatic N) is 4. The Kier molecular flexibility index (Phi) is 3.61. The second kappa shape index (κ2) is 5.18. The number of aromatic carboxylic acids is 1. The molecule has 0 aliphatic carbocycles. The molecule has 7 heteroatoms. The quantitative estimate of drug-likeness (QED) is 0.894. The fraction of sp³-hybridized carbons (Fsp3) is 0.364. The minimum atomic E-state index is -0.973. The molecule has 0 fully saturated rings. The van der Waals surface area contributed by atoms with Crippen molar-refractivity contribution in [3.8, 4) is 5.13 Å². The van der Waals surface area contributed by atoms with E-state index in [1.54, 1.807) is 18.3 Å². The van der Waals surface area contributed by atoms with E-state index in [9.17, 15) is 4.79 Å². The van der Waals surface area contributed by atoms with Gasteiger partial charge in [-0.2, -0.15) is 0 Å². The Bertz CT molecular complexity index is 545. The van der Waals surface area contributed by atoms with E-state index in [4.69, 9.17) is 5.11 Å². The highest BCUT2D eigenvalue weighted by molar-refractivity contribution is 7.17. The molecule has 0 unspecified atom stereocenters. The van der Waals surface area contributed by atoms with Crippen LogP contribution in [0.1, 0.15) is 24.3 Å². The van der Waals surface area contributed by atoms with Crippen LogP contribution in [0, 0.1) is 0 Å². The third kappa shape index (κ3) is 2.21. The zero-order valence-electron chi connectivity index (χ0n) is 10.2. The SMILES string of the molecule is CCN(CC)c1nnc(-n2cccc2C(=O)O)s1. The van der Waals surface area contributed by atoms with Crippen molar-refractivity contribution in [2.75, 3.05) is 18.0 Å². The number of hydrogen-bond acceptors (Lipinski definition) is 5. The average molecular weight is 266 g/mol. The standard InChI is InChI=1S/C11H14N4O2S/c1-3-14(4-2)10-12-13-11(18-10)15-7-5-6-8(15)9(16)17/h5-7H,3-4H2,1-2H3,(H,16,17). The van der Waals surface area contributed by atoms with E-state index in [2.05, 4.69) is 15.1 Å². The van der Waals surface area contributed by atoms with Crippen molar-refractivity contribution >= 4 is 22.4 Å². The number of carbonyl (C=O) groups is 1. The van der Waals surface area contributed by atoms with Crippen LogP contribution in [0.4, 0.5) is 5.13 Å². The van der Waals surface area contributed by atoms with Crippen LogP contribution in [0.2, 0.25) is 0 Å². The molecule has 0 radical (unpaired) electrons. The third-order valence-electron chi connectivity index (χ3n) is 2.61. The summed E-state index contributed by atoms with van der Waals surface area (Å²) in [5.74, 6) is -0.973. The maximum absolute atomic E-state index is 11.0. The summed E-state index contributed by atoms with van der Waals surface area (Å²) in [7, 11) is 0. The molecule has 0 aromatic carbocycles. The Morgan fingerprint density at radius 2 is 2.17 bits per heavy atom. The molecule has 0 saturated carbocycles. The second-order valence-corrected chi connectivity index (χ2v) is 4.54. The summed E-state index contributed by atoms with van der Waals surface area (Å²) in [5, 5.41) is 18.6. The van der Waals surface area contributed by atoms with Gasteiger partial charge in [0, 0.05) is 19.3 Å². The predicted molar refractivity (Wildman–Crippen MR) is 69.8 cm³/mol. The molecular formula is C11H14N4O2S. The summed E-state index contributed by atoms with van der Waals surface area (Å²) in [6, 6.07) is 3.22. The molecule has 0 bridgehead atoms. The molecule has 2 rings (SSSR count). The van der Waals surface area contributed by atoms with Crippen LogP contribution in [0.3, 0.4) is 0 Å². The zero-order valence-corrected chi connectivity index (χ0v) is 11.0. The van der Waals surface area contributed by atoms with Crippen LogP contribution in [0.15, 0.2) is 18.3 Å². The molecule has 18 heavy (non-hydrogen) atoms. The van der Waals surface area contributed by atoms with Crippen molar-refractivity contribution in [1.82, 2.24) is 14.8 Å². The first-order chi connectivity index (χ1) is 8.67. The minimum absolute atomic E-state index is 0.192. The van der Waals surface area contributed by atoms with Gasteiger partial charge in [-0.25, -0.2) is 4.79 Å². The van der Waals surface area contributed by atoms with E-state index >= 15 is 0 Å². The highest BCUT2D eigenvalue weighted by atomic mass is 32.1. The van der Waals surface area contributed by atoms with Crippen LogP contribution in [-0.2, 0) is 0 Å². The van der Waals surface area contributed by atoms with E-state index in [1.807, 2.05) is 13.8 Å². The van der Waals surface area contributed by atoms with Crippen LogP contribution in [-0.4, -0.2) is 38.9 Å². The lowest BCUT2D eigenvalue weighted by molar-refractivity contribution is 0.0688. The summed E-state index contributed by atoms with van der Waals surface area (Å²) in [6.07, 6.45) is 1.68. The summed E-state index contributed by atoms with van der Waals surface area (Å²) in [6.45, 7) is 5.79. The molecule has 6 nitrogen and oxygen atoms in total. The minimum Gasteiger partial charge on any atom is -0.477 e. The number of rotatable bonds is 5. The van der Waals surface area contributed by atoms with Gasteiger partial charge in [0.2, 0.25) is 10.3 Å². The average Bonchev–Trinajstić information content (AvgIpc) is 2.98. The first-order valence-corrected chi connectivity index (χ1v) is 6.48. The molecule has 1 N–H and O–H groups in total. The smallest absolute Gasteiger partial charge is 0.352 e. The molecule has 2 heterocycles. The lowest BCUT2D eigenvalue weighted by Gasteiger charge is -2.15. The van der Waals surface area contributed by atoms with Crippen LogP contribution in [0.25, 0.3) is 5.13 Å². The van der Waals surface area contributed by atoms with Crippen LogP contribution >= 0.6 is 11.3 Å². The van der Waals surface area contributed by atoms with Crippen molar-refractivity contribution < 1.29 is 9.90 Å². The first kappa shape index (κ1) is 12.6. The van der Waals surface area contributed by atoms with Gasteiger partial charge in [-0.05, 0) is 26.0 Å². The van der Waals surface area contributed by atoms with Gasteiger partial charge in [0.05, 0.1) is 0 Å². The van der Waals surface area contributed by atoms with Gasteiger partial charge in [-0.15, -0.1) is 10.2 Å². The molecule has 0 atom stereocenters. The van der Waals surface area contributed by atoms with Crippen molar-refractivity contribution in [2.45, 2.75) is 13.8 Å². The maximum Gasteiger partial charge on any atom is 0.352 e. The van der Waals surface area contributed by atoms with Gasteiger partial charge < -0.3 is 10.0 Å². The van der Waals surface area contributed by atoms with E-state index in [0.29, 0.717) is 5.13 Å². The predicted octanol–water partition coefficient (Wildman–Crippen LogP) is 1.87. The molecule has 0 saturated heterocycles. The summed E-state index contributed by atoms with van der Waals surface area (Å²) >= 11 is 1.38. The fourth-order valence-corrected chi connectivity index (χ4v) is 2.62. The van der Waals surface area contributed by atoms with Crippen molar-refractivity contribution in [2.24, 2.45) is 0 Å². The Morgan fingerprint density at radius 3 is 2.78 bits per heavy atom. The van der Waals surface area contributed by atoms with Gasteiger partial charge in [0.1, 0.15) is 5.69 Å². The summed E-state index contributed by atoms with van der Waals surface area (Å²) in [4.78, 5) is 13.1.